The van der Waals surface area contributed by atoms with E-state index in [9.17, 15) is 8.78 Å². The van der Waals surface area contributed by atoms with E-state index in [1.807, 2.05) is 4.90 Å². The Labute approximate surface area is 120 Å². The van der Waals surface area contributed by atoms with Crippen molar-refractivity contribution in [3.8, 4) is 0 Å². The Kier molecular flexibility index (Phi) is 4.63. The largest absolute Gasteiger partial charge is 0.367 e. The first kappa shape index (κ1) is 15.2. The molecule has 0 aliphatic carbocycles. The van der Waals surface area contributed by atoms with Gasteiger partial charge in [-0.3, -0.25) is 0 Å². The van der Waals surface area contributed by atoms with Crippen LogP contribution in [-0.4, -0.2) is 19.6 Å². The highest BCUT2D eigenvalue weighted by Gasteiger charge is 2.30. The molecule has 1 aliphatic heterocycles. The van der Waals surface area contributed by atoms with Crippen LogP contribution in [0.4, 0.5) is 14.5 Å². The number of hydrogen-bond acceptors (Lipinski definition) is 2. The summed E-state index contributed by atoms with van der Waals surface area (Å²) in [6.07, 6.45) is 3.57. The van der Waals surface area contributed by atoms with Crippen molar-refractivity contribution in [1.82, 2.24) is 0 Å². The van der Waals surface area contributed by atoms with E-state index in [0.29, 0.717) is 37.0 Å². The number of halogens is 2. The van der Waals surface area contributed by atoms with Crippen molar-refractivity contribution in [2.45, 2.75) is 39.5 Å². The summed E-state index contributed by atoms with van der Waals surface area (Å²) in [5, 5.41) is 0. The van der Waals surface area contributed by atoms with Crippen LogP contribution in [0.25, 0.3) is 0 Å². The second-order valence-electron chi connectivity index (χ2n) is 6.10. The quantitative estimate of drug-likeness (QED) is 0.916. The standard InChI is InChI=1S/C16H24F2N2/c1-3-16(2)5-8-20(9-6-16)15-13(17)10-12(4-7-19)11-14(15)18/h10-11H,3-9,19H2,1-2H3. The van der Waals surface area contributed by atoms with Crippen molar-refractivity contribution in [2.75, 3.05) is 24.5 Å². The number of benzene rings is 1. The Balaban J connectivity index is 2.18. The lowest BCUT2D eigenvalue weighted by atomic mass is 9.78. The van der Waals surface area contributed by atoms with Crippen LogP contribution < -0.4 is 10.6 Å². The molecule has 4 heteroatoms. The van der Waals surface area contributed by atoms with E-state index in [0.717, 1.165) is 19.3 Å². The highest BCUT2D eigenvalue weighted by Crippen LogP contribution is 2.37. The van der Waals surface area contributed by atoms with Crippen LogP contribution in [0, 0.1) is 17.0 Å². The minimum Gasteiger partial charge on any atom is -0.367 e. The van der Waals surface area contributed by atoms with Gasteiger partial charge in [0, 0.05) is 13.1 Å². The zero-order valence-corrected chi connectivity index (χ0v) is 12.4. The molecule has 112 valence electrons. The summed E-state index contributed by atoms with van der Waals surface area (Å²) in [6, 6.07) is 2.83. The number of hydrogen-bond donors (Lipinski definition) is 1. The summed E-state index contributed by atoms with van der Waals surface area (Å²) in [5.41, 5.74) is 6.50. The molecule has 1 fully saturated rings. The number of nitrogens with zero attached hydrogens (tertiary/aromatic N) is 1. The molecule has 1 aromatic carbocycles. The van der Waals surface area contributed by atoms with Gasteiger partial charge in [0.05, 0.1) is 0 Å². The molecule has 2 nitrogen and oxygen atoms in total. The van der Waals surface area contributed by atoms with E-state index in [-0.39, 0.29) is 5.69 Å². The SMILES string of the molecule is CCC1(C)CCN(c2c(F)cc(CCN)cc2F)CC1. The molecule has 1 aliphatic rings. The fourth-order valence-electron chi connectivity index (χ4n) is 2.85. The van der Waals surface area contributed by atoms with Crippen molar-refractivity contribution in [2.24, 2.45) is 11.1 Å². The van der Waals surface area contributed by atoms with Gasteiger partial charge in [-0.05, 0) is 48.9 Å². The molecule has 2 rings (SSSR count). The Morgan fingerprint density at radius 2 is 1.75 bits per heavy atom. The summed E-state index contributed by atoms with van der Waals surface area (Å²) in [7, 11) is 0. The van der Waals surface area contributed by atoms with Crippen molar-refractivity contribution in [1.29, 1.82) is 0 Å². The first-order valence-corrected chi connectivity index (χ1v) is 7.42. The monoisotopic (exact) mass is 282 g/mol. The van der Waals surface area contributed by atoms with E-state index in [1.54, 1.807) is 0 Å². The van der Waals surface area contributed by atoms with Gasteiger partial charge in [-0.15, -0.1) is 0 Å². The normalized spacial score (nSPS) is 18.4. The van der Waals surface area contributed by atoms with Gasteiger partial charge in [-0.1, -0.05) is 20.3 Å². The van der Waals surface area contributed by atoms with Crippen LogP contribution in [0.15, 0.2) is 12.1 Å². The molecular formula is C16H24F2N2. The Morgan fingerprint density at radius 3 is 2.20 bits per heavy atom. The zero-order valence-electron chi connectivity index (χ0n) is 12.4. The van der Waals surface area contributed by atoms with E-state index in [1.165, 1.54) is 12.1 Å². The third-order valence-corrected chi connectivity index (χ3v) is 4.65. The van der Waals surface area contributed by atoms with Crippen LogP contribution in [0.5, 0.6) is 0 Å². The molecule has 0 unspecified atom stereocenters. The minimum absolute atomic E-state index is 0.129. The third-order valence-electron chi connectivity index (χ3n) is 4.65. The average Bonchev–Trinajstić information content (AvgIpc) is 2.41. The van der Waals surface area contributed by atoms with E-state index in [2.05, 4.69) is 13.8 Å². The topological polar surface area (TPSA) is 29.3 Å². The lowest BCUT2D eigenvalue weighted by molar-refractivity contribution is 0.237. The van der Waals surface area contributed by atoms with Crippen LogP contribution in [-0.2, 0) is 6.42 Å². The van der Waals surface area contributed by atoms with Gasteiger partial charge in [0.1, 0.15) is 17.3 Å². The van der Waals surface area contributed by atoms with Gasteiger partial charge in [0.2, 0.25) is 0 Å². The molecule has 1 saturated heterocycles. The maximum Gasteiger partial charge on any atom is 0.149 e. The van der Waals surface area contributed by atoms with E-state index < -0.39 is 11.6 Å². The van der Waals surface area contributed by atoms with E-state index in [4.69, 9.17) is 5.73 Å². The highest BCUT2D eigenvalue weighted by atomic mass is 19.1. The van der Waals surface area contributed by atoms with Crippen molar-refractivity contribution < 1.29 is 8.78 Å². The number of rotatable bonds is 4. The van der Waals surface area contributed by atoms with Gasteiger partial charge in [-0.25, -0.2) is 8.78 Å². The smallest absolute Gasteiger partial charge is 0.149 e. The van der Waals surface area contributed by atoms with Crippen molar-refractivity contribution in [3.63, 3.8) is 0 Å². The van der Waals surface area contributed by atoms with Crippen LogP contribution in [0.1, 0.15) is 38.7 Å². The molecule has 0 bridgehead atoms. The summed E-state index contributed by atoms with van der Waals surface area (Å²) in [6.45, 7) is 6.26. The predicted molar refractivity (Wildman–Crippen MR) is 79.0 cm³/mol. The summed E-state index contributed by atoms with van der Waals surface area (Å²) in [4.78, 5) is 1.84. The van der Waals surface area contributed by atoms with Gasteiger partial charge in [-0.2, -0.15) is 0 Å². The van der Waals surface area contributed by atoms with Gasteiger partial charge in [0.15, 0.2) is 0 Å². The molecule has 1 heterocycles. The molecular weight excluding hydrogens is 258 g/mol. The second-order valence-corrected chi connectivity index (χ2v) is 6.10. The lowest BCUT2D eigenvalue weighted by Crippen LogP contribution is -2.39. The van der Waals surface area contributed by atoms with Crippen molar-refractivity contribution in [3.05, 3.63) is 29.3 Å². The Hall–Kier alpha value is -1.16. The lowest BCUT2D eigenvalue weighted by Gasteiger charge is -2.40. The third kappa shape index (κ3) is 3.11. The second kappa shape index (κ2) is 6.08. The first-order chi connectivity index (χ1) is 9.49. The molecule has 0 amide bonds. The molecule has 0 saturated carbocycles. The molecule has 2 N–H and O–H groups in total. The van der Waals surface area contributed by atoms with Crippen LogP contribution in [0.3, 0.4) is 0 Å². The predicted octanol–water partition coefficient (Wildman–Crippen LogP) is 3.48. The molecule has 0 aromatic heterocycles. The van der Waals surface area contributed by atoms with Gasteiger partial charge >= 0.3 is 0 Å². The fourth-order valence-corrected chi connectivity index (χ4v) is 2.85. The maximum absolute atomic E-state index is 14.2. The Bertz CT molecular complexity index is 443. The highest BCUT2D eigenvalue weighted by molar-refractivity contribution is 5.51. The Morgan fingerprint density at radius 1 is 1.20 bits per heavy atom. The van der Waals surface area contributed by atoms with Gasteiger partial charge < -0.3 is 10.6 Å². The number of anilines is 1. The van der Waals surface area contributed by atoms with E-state index >= 15 is 0 Å². The first-order valence-electron chi connectivity index (χ1n) is 7.42. The van der Waals surface area contributed by atoms with Crippen LogP contribution >= 0.6 is 0 Å². The molecule has 20 heavy (non-hydrogen) atoms. The van der Waals surface area contributed by atoms with Gasteiger partial charge in [0.25, 0.3) is 0 Å². The molecule has 0 atom stereocenters. The van der Waals surface area contributed by atoms with Crippen LogP contribution in [0.2, 0.25) is 0 Å². The average molecular weight is 282 g/mol. The fraction of sp³-hybridized carbons (Fsp3) is 0.625. The number of piperidine rings is 1. The number of nitrogens with two attached hydrogens (primary N) is 1. The zero-order chi connectivity index (χ0) is 14.8. The molecule has 0 radical (unpaired) electrons. The maximum atomic E-state index is 14.2. The minimum atomic E-state index is -0.464. The molecule has 0 spiro atoms. The summed E-state index contributed by atoms with van der Waals surface area (Å²) < 4.78 is 28.3. The summed E-state index contributed by atoms with van der Waals surface area (Å²) >= 11 is 0. The summed E-state index contributed by atoms with van der Waals surface area (Å²) in [5.74, 6) is -0.929. The molecule has 1 aromatic rings. The van der Waals surface area contributed by atoms with Crippen molar-refractivity contribution >= 4 is 5.69 Å².